The van der Waals surface area contributed by atoms with Crippen molar-refractivity contribution in [3.8, 4) is 0 Å². The first-order chi connectivity index (χ1) is 12.0. The predicted octanol–water partition coefficient (Wildman–Crippen LogP) is 2.58. The van der Waals surface area contributed by atoms with Crippen molar-refractivity contribution in [2.45, 2.75) is 52.0 Å². The maximum atomic E-state index is 12.6. The highest BCUT2D eigenvalue weighted by Crippen LogP contribution is 2.16. The molecular formula is C20H32N2O3. The molecule has 0 aliphatic carbocycles. The second kappa shape index (κ2) is 9.90. The average molecular weight is 348 g/mol. The number of ether oxygens (including phenoxy) is 2. The minimum atomic E-state index is -0.440. The Kier molecular flexibility index (Phi) is 7.88. The molecule has 2 rings (SSSR count). The van der Waals surface area contributed by atoms with Gasteiger partial charge in [0, 0.05) is 19.7 Å². The molecule has 1 amide bonds. The molecule has 0 saturated carbocycles. The molecule has 25 heavy (non-hydrogen) atoms. The van der Waals surface area contributed by atoms with Gasteiger partial charge in [-0.05, 0) is 44.0 Å². The lowest BCUT2D eigenvalue weighted by Gasteiger charge is -2.23. The topological polar surface area (TPSA) is 50.8 Å². The Bertz CT molecular complexity index is 539. The summed E-state index contributed by atoms with van der Waals surface area (Å²) < 4.78 is 11.5. The van der Waals surface area contributed by atoms with Crippen molar-refractivity contribution in [1.82, 2.24) is 10.2 Å². The van der Waals surface area contributed by atoms with Gasteiger partial charge >= 0.3 is 0 Å². The molecular weight excluding hydrogens is 316 g/mol. The van der Waals surface area contributed by atoms with Gasteiger partial charge < -0.3 is 19.7 Å². The van der Waals surface area contributed by atoms with E-state index < -0.39 is 6.10 Å². The van der Waals surface area contributed by atoms with Crippen LogP contribution in [0, 0.1) is 5.92 Å². The van der Waals surface area contributed by atoms with Gasteiger partial charge in [0.25, 0.3) is 0 Å². The van der Waals surface area contributed by atoms with Gasteiger partial charge in [-0.25, -0.2) is 0 Å². The van der Waals surface area contributed by atoms with Crippen molar-refractivity contribution in [2.24, 2.45) is 5.92 Å². The zero-order valence-corrected chi connectivity index (χ0v) is 16.0. The van der Waals surface area contributed by atoms with Crippen molar-refractivity contribution in [3.63, 3.8) is 0 Å². The van der Waals surface area contributed by atoms with Crippen LogP contribution in [0.5, 0.6) is 0 Å². The van der Waals surface area contributed by atoms with E-state index in [2.05, 4.69) is 22.3 Å². The summed E-state index contributed by atoms with van der Waals surface area (Å²) >= 11 is 0. The van der Waals surface area contributed by atoms with E-state index in [4.69, 9.17) is 9.47 Å². The van der Waals surface area contributed by atoms with E-state index in [0.29, 0.717) is 13.2 Å². The summed E-state index contributed by atoms with van der Waals surface area (Å²) in [5, 5.41) is 3.05. The SMILES string of the molecule is CC(C)[C@@H](OC[C@H]1CCCO1)C(=O)NCc1ccccc1CN(C)C. The maximum absolute atomic E-state index is 12.6. The Balaban J connectivity index is 1.90. The van der Waals surface area contributed by atoms with E-state index in [-0.39, 0.29) is 17.9 Å². The monoisotopic (exact) mass is 348 g/mol. The van der Waals surface area contributed by atoms with E-state index in [9.17, 15) is 4.79 Å². The normalized spacial score (nSPS) is 18.7. The molecule has 0 bridgehead atoms. The van der Waals surface area contributed by atoms with Crippen molar-refractivity contribution in [3.05, 3.63) is 35.4 Å². The fourth-order valence-electron chi connectivity index (χ4n) is 3.07. The van der Waals surface area contributed by atoms with Gasteiger partial charge in [0.1, 0.15) is 6.10 Å². The van der Waals surface area contributed by atoms with E-state index >= 15 is 0 Å². The van der Waals surface area contributed by atoms with Crippen molar-refractivity contribution in [1.29, 1.82) is 0 Å². The fraction of sp³-hybridized carbons (Fsp3) is 0.650. The van der Waals surface area contributed by atoms with Gasteiger partial charge in [0.2, 0.25) is 5.91 Å². The summed E-state index contributed by atoms with van der Waals surface area (Å²) in [5.74, 6) is 0.0751. The Morgan fingerprint density at radius 2 is 2.04 bits per heavy atom. The Morgan fingerprint density at radius 1 is 1.32 bits per heavy atom. The second-order valence-corrected chi connectivity index (χ2v) is 7.36. The summed E-state index contributed by atoms with van der Waals surface area (Å²) in [6.45, 7) is 6.70. The molecule has 0 unspecified atom stereocenters. The van der Waals surface area contributed by atoms with E-state index in [1.54, 1.807) is 0 Å². The van der Waals surface area contributed by atoms with Crippen LogP contribution in [-0.4, -0.2) is 50.3 Å². The number of carbonyl (C=O) groups is 1. The zero-order valence-electron chi connectivity index (χ0n) is 16.0. The van der Waals surface area contributed by atoms with Crippen LogP contribution in [0.15, 0.2) is 24.3 Å². The summed E-state index contributed by atoms with van der Waals surface area (Å²) in [7, 11) is 4.09. The minimum absolute atomic E-state index is 0.0485. The molecule has 1 aliphatic heterocycles. The summed E-state index contributed by atoms with van der Waals surface area (Å²) in [6, 6.07) is 8.21. The molecule has 1 aromatic rings. The lowest BCUT2D eigenvalue weighted by atomic mass is 10.0. The van der Waals surface area contributed by atoms with Crippen LogP contribution in [-0.2, 0) is 27.4 Å². The van der Waals surface area contributed by atoms with Crippen molar-refractivity contribution in [2.75, 3.05) is 27.3 Å². The van der Waals surface area contributed by atoms with Crippen LogP contribution in [0.25, 0.3) is 0 Å². The molecule has 0 radical (unpaired) electrons. The number of rotatable bonds is 9. The second-order valence-electron chi connectivity index (χ2n) is 7.36. The van der Waals surface area contributed by atoms with Gasteiger partial charge in [-0.1, -0.05) is 38.1 Å². The standard InChI is InChI=1S/C20H32N2O3/c1-15(2)19(25-14-18-10-7-11-24-18)20(23)21-12-16-8-5-6-9-17(16)13-22(3)4/h5-6,8-9,15,18-19H,7,10-14H2,1-4H3,(H,21,23)/t18-,19-/m1/s1. The van der Waals surface area contributed by atoms with Gasteiger partial charge in [-0.3, -0.25) is 4.79 Å². The number of nitrogens with one attached hydrogen (secondary N) is 1. The zero-order chi connectivity index (χ0) is 18.2. The molecule has 1 fully saturated rings. The van der Waals surface area contributed by atoms with E-state index in [1.165, 1.54) is 5.56 Å². The number of nitrogens with zero attached hydrogens (tertiary/aromatic N) is 1. The summed E-state index contributed by atoms with van der Waals surface area (Å²) in [5.41, 5.74) is 2.38. The fourth-order valence-corrected chi connectivity index (χ4v) is 3.07. The van der Waals surface area contributed by atoms with Gasteiger partial charge in [0.15, 0.2) is 0 Å². The highest BCUT2D eigenvalue weighted by Gasteiger charge is 2.25. The van der Waals surface area contributed by atoms with Crippen LogP contribution in [0.2, 0.25) is 0 Å². The molecule has 0 spiro atoms. The minimum Gasteiger partial charge on any atom is -0.376 e. The molecule has 1 aliphatic rings. The van der Waals surface area contributed by atoms with Crippen molar-refractivity contribution < 1.29 is 14.3 Å². The third kappa shape index (κ3) is 6.42. The largest absolute Gasteiger partial charge is 0.376 e. The molecule has 1 heterocycles. The van der Waals surface area contributed by atoms with E-state index in [1.807, 2.05) is 40.1 Å². The molecule has 5 heteroatoms. The third-order valence-corrected chi connectivity index (χ3v) is 4.41. The Hall–Kier alpha value is -1.43. The maximum Gasteiger partial charge on any atom is 0.249 e. The molecule has 1 aromatic carbocycles. The lowest BCUT2D eigenvalue weighted by Crippen LogP contribution is -2.40. The molecule has 1 saturated heterocycles. The molecule has 1 N–H and O–H groups in total. The first-order valence-corrected chi connectivity index (χ1v) is 9.19. The Morgan fingerprint density at radius 3 is 2.64 bits per heavy atom. The molecule has 0 aromatic heterocycles. The summed E-state index contributed by atoms with van der Waals surface area (Å²) in [4.78, 5) is 14.7. The quantitative estimate of drug-likeness (QED) is 0.745. The lowest BCUT2D eigenvalue weighted by molar-refractivity contribution is -0.138. The highest BCUT2D eigenvalue weighted by molar-refractivity contribution is 5.81. The van der Waals surface area contributed by atoms with E-state index in [0.717, 1.165) is 31.6 Å². The average Bonchev–Trinajstić information content (AvgIpc) is 3.07. The number of hydrogen-bond acceptors (Lipinski definition) is 4. The van der Waals surface area contributed by atoms with Crippen LogP contribution < -0.4 is 5.32 Å². The van der Waals surface area contributed by atoms with Crippen molar-refractivity contribution >= 4 is 5.91 Å². The molecule has 2 atom stereocenters. The first kappa shape index (κ1) is 19.9. The number of carbonyl (C=O) groups excluding carboxylic acids is 1. The number of amides is 1. The smallest absolute Gasteiger partial charge is 0.249 e. The molecule has 140 valence electrons. The van der Waals surface area contributed by atoms with Crippen LogP contribution in [0.4, 0.5) is 0 Å². The number of benzene rings is 1. The van der Waals surface area contributed by atoms with Gasteiger partial charge in [-0.15, -0.1) is 0 Å². The van der Waals surface area contributed by atoms with Gasteiger partial charge in [-0.2, -0.15) is 0 Å². The van der Waals surface area contributed by atoms with Gasteiger partial charge in [0.05, 0.1) is 12.7 Å². The third-order valence-electron chi connectivity index (χ3n) is 4.41. The number of hydrogen-bond donors (Lipinski definition) is 1. The summed E-state index contributed by atoms with van der Waals surface area (Å²) in [6.07, 6.45) is 1.79. The van der Waals surface area contributed by atoms with Crippen LogP contribution in [0.3, 0.4) is 0 Å². The highest BCUT2D eigenvalue weighted by atomic mass is 16.5. The van der Waals surface area contributed by atoms with Crippen LogP contribution in [0.1, 0.15) is 37.8 Å². The Labute approximate surface area is 151 Å². The van der Waals surface area contributed by atoms with Crippen LogP contribution >= 0.6 is 0 Å². The predicted molar refractivity (Wildman–Crippen MR) is 99.2 cm³/mol. The molecule has 5 nitrogen and oxygen atoms in total. The first-order valence-electron chi connectivity index (χ1n) is 9.19.